The maximum absolute atomic E-state index is 12.4. The third kappa shape index (κ3) is 11.7. The molecule has 284 valence electrons. The van der Waals surface area contributed by atoms with Gasteiger partial charge in [0.2, 0.25) is 0 Å². The zero-order valence-corrected chi connectivity index (χ0v) is 30.1. The van der Waals surface area contributed by atoms with E-state index in [1.165, 1.54) is 27.7 Å². The highest BCUT2D eigenvalue weighted by molar-refractivity contribution is 7.81. The number of aliphatic hydroxyl groups is 2. The number of carboxylic acids is 1. The van der Waals surface area contributed by atoms with E-state index in [9.17, 15) is 46.1 Å². The first-order chi connectivity index (χ1) is 21.4. The van der Waals surface area contributed by atoms with Gasteiger partial charge >= 0.3 is 26.8 Å². The van der Waals surface area contributed by atoms with E-state index in [4.69, 9.17) is 39.3 Å². The minimum atomic E-state index is -5.28. The molecule has 10 atom stereocenters. The van der Waals surface area contributed by atoms with Gasteiger partial charge in [0.05, 0.1) is 37.6 Å². The third-order valence-corrected chi connectivity index (χ3v) is 9.06. The number of carboxylic acid groups (broad SMARTS) is 1. The van der Waals surface area contributed by atoms with Crippen LogP contribution >= 0.6 is 0 Å². The molecule has 2 aliphatic rings. The summed E-state index contributed by atoms with van der Waals surface area (Å²) in [6, 6.07) is -1.31. The van der Waals surface area contributed by atoms with E-state index in [2.05, 4.69) is 4.18 Å². The fourth-order valence-electron chi connectivity index (χ4n) is 5.07. The van der Waals surface area contributed by atoms with Crippen molar-refractivity contribution in [3.8, 4) is 0 Å². The summed E-state index contributed by atoms with van der Waals surface area (Å²) in [5.41, 5.74) is 7.55. The second-order valence-electron chi connectivity index (χ2n) is 15.1. The highest BCUT2D eigenvalue weighted by atomic mass is 32.3. The summed E-state index contributed by atoms with van der Waals surface area (Å²) in [6.45, 7) is 13.3. The molecule has 48 heavy (non-hydrogen) atoms. The van der Waals surface area contributed by atoms with Crippen molar-refractivity contribution >= 4 is 26.8 Å². The number of aliphatic hydroxyl groups excluding tert-OH is 2. The minimum absolute atomic E-state index is 0.0799. The minimum Gasteiger partial charge on any atom is -0.479 e. The van der Waals surface area contributed by atoms with Crippen molar-refractivity contribution in [2.45, 2.75) is 135 Å². The molecule has 10 unspecified atom stereocenters. The van der Waals surface area contributed by atoms with E-state index in [1.54, 1.807) is 34.6 Å². The smallest absolute Gasteiger partial charge is 0.397 e. The van der Waals surface area contributed by atoms with Crippen LogP contribution in [0.5, 0.6) is 0 Å². The number of ether oxygens (including phenoxy) is 5. The molecule has 0 aliphatic carbocycles. The highest BCUT2D eigenvalue weighted by Gasteiger charge is 2.60. The molecule has 2 aliphatic heterocycles. The average Bonchev–Trinajstić information content (AvgIpc) is 2.87. The Hall–Kier alpha value is -1.15. The molecular formula is C27H52N2O17S2. The van der Waals surface area contributed by atoms with E-state index >= 15 is 0 Å². The summed E-state index contributed by atoms with van der Waals surface area (Å²) in [5.74, 6) is -1.56. The lowest BCUT2D eigenvalue weighted by molar-refractivity contribution is -0.314. The Labute approximate surface area is 281 Å². The van der Waals surface area contributed by atoms with Gasteiger partial charge in [-0.25, -0.2) is 13.2 Å². The molecule has 0 radical (unpaired) electrons. The number of hydrogen-bond acceptors (Lipinski definition) is 16. The number of nitrogens with two attached hydrogens (primary N) is 2. The maximum Gasteiger partial charge on any atom is 0.397 e. The van der Waals surface area contributed by atoms with Crippen LogP contribution in [0, 0.1) is 10.8 Å². The largest absolute Gasteiger partial charge is 0.479 e. The summed E-state index contributed by atoms with van der Waals surface area (Å²) in [7, 11) is -10.3. The lowest BCUT2D eigenvalue weighted by Gasteiger charge is -2.55. The summed E-state index contributed by atoms with van der Waals surface area (Å²) in [5, 5.41) is 32.7. The average molecular weight is 741 g/mol. The molecule has 0 saturated carbocycles. The van der Waals surface area contributed by atoms with E-state index in [0.29, 0.717) is 0 Å². The molecule has 2 saturated heterocycles. The van der Waals surface area contributed by atoms with Gasteiger partial charge in [-0.15, -0.1) is 0 Å². The Kier molecular flexibility index (Phi) is 13.6. The second kappa shape index (κ2) is 15.2. The normalized spacial score (nSPS) is 33.1. The summed E-state index contributed by atoms with van der Waals surface area (Å²) in [4.78, 5) is 12.4. The fraction of sp³-hybridized carbons (Fsp3) is 0.963. The molecule has 19 nitrogen and oxygen atoms in total. The lowest BCUT2D eigenvalue weighted by atomic mass is 9.68. The van der Waals surface area contributed by atoms with Crippen molar-refractivity contribution in [1.29, 1.82) is 0 Å². The van der Waals surface area contributed by atoms with Gasteiger partial charge in [-0.3, -0.25) is 9.11 Å². The first kappa shape index (κ1) is 43.0. The standard InChI is InChI=1S/C27H52N2O17S2/c1-24(2,3)11-40-18-16(31)19(46-48(37,38)39)21(44-20(18)22(32)33)26(6,7)27(8,9)45-17-13(10-42-47(34,35)36)43-23(14(28)15(17)30)41-12-25(4,5)29/h13-21,23,30-31H,10-12,28-29H2,1-9H3,(H,32,33)(H,34,35,36)(H,37,38,39). The van der Waals surface area contributed by atoms with Crippen molar-refractivity contribution < 1.29 is 78.1 Å². The summed E-state index contributed by atoms with van der Waals surface area (Å²) < 4.78 is 104. The van der Waals surface area contributed by atoms with Gasteiger partial charge in [-0.05, 0) is 33.1 Å². The van der Waals surface area contributed by atoms with Crippen LogP contribution < -0.4 is 11.5 Å². The molecule has 2 fully saturated rings. The molecule has 2 rings (SSSR count). The molecule has 0 aromatic rings. The first-order valence-electron chi connectivity index (χ1n) is 15.0. The molecule has 9 N–H and O–H groups in total. The molecule has 2 heterocycles. The SMILES string of the molecule is CC(C)(C)COC1C(C(=O)O)OC(C(C)(C)C(C)(C)OC2C(COS(=O)(=O)O)OC(OCC(C)(C)N)C(N)C2O)C(OS(=O)(=O)O)C1O. The zero-order valence-electron chi connectivity index (χ0n) is 28.5. The number of hydrogen-bond donors (Lipinski definition) is 7. The van der Waals surface area contributed by atoms with Crippen LogP contribution in [0.15, 0.2) is 0 Å². The summed E-state index contributed by atoms with van der Waals surface area (Å²) in [6.07, 6.45) is -15.1. The Morgan fingerprint density at radius 1 is 0.812 bits per heavy atom. The fourth-order valence-corrected chi connectivity index (χ4v) is 5.87. The van der Waals surface area contributed by atoms with E-state index < -0.39 is 117 Å². The highest BCUT2D eigenvalue weighted by Crippen LogP contribution is 2.46. The molecule has 0 spiro atoms. The van der Waals surface area contributed by atoms with Crippen molar-refractivity contribution in [3.05, 3.63) is 0 Å². The Bertz CT molecular complexity index is 1310. The maximum atomic E-state index is 12.4. The van der Waals surface area contributed by atoms with Crippen LogP contribution in [0.3, 0.4) is 0 Å². The number of aliphatic carboxylic acids is 1. The number of rotatable bonds is 15. The predicted molar refractivity (Wildman–Crippen MR) is 165 cm³/mol. The lowest BCUT2D eigenvalue weighted by Crippen LogP contribution is -2.69. The quantitative estimate of drug-likeness (QED) is 0.0990. The first-order valence-corrected chi connectivity index (χ1v) is 17.7. The Morgan fingerprint density at radius 3 is 1.83 bits per heavy atom. The van der Waals surface area contributed by atoms with Gasteiger partial charge in [0, 0.05) is 11.0 Å². The molecule has 0 aromatic heterocycles. The molecule has 21 heteroatoms. The Morgan fingerprint density at radius 2 is 1.38 bits per heavy atom. The van der Waals surface area contributed by atoms with Crippen molar-refractivity contribution in [1.82, 2.24) is 0 Å². The molecule has 0 bridgehead atoms. The van der Waals surface area contributed by atoms with Crippen molar-refractivity contribution in [3.63, 3.8) is 0 Å². The zero-order chi connectivity index (χ0) is 37.4. The van der Waals surface area contributed by atoms with Crippen LogP contribution in [0.2, 0.25) is 0 Å². The van der Waals surface area contributed by atoms with Gasteiger partial charge in [0.15, 0.2) is 12.4 Å². The van der Waals surface area contributed by atoms with E-state index in [1.807, 2.05) is 0 Å². The van der Waals surface area contributed by atoms with Crippen LogP contribution in [-0.2, 0) is 57.6 Å². The Balaban J connectivity index is 2.53. The second-order valence-corrected chi connectivity index (χ2v) is 17.2. The van der Waals surface area contributed by atoms with Gasteiger partial charge in [0.1, 0.15) is 36.6 Å². The molecule has 0 amide bonds. The van der Waals surface area contributed by atoms with Gasteiger partial charge in [0.25, 0.3) is 0 Å². The molecular weight excluding hydrogens is 688 g/mol. The summed E-state index contributed by atoms with van der Waals surface area (Å²) >= 11 is 0. The molecule has 0 aromatic carbocycles. The number of carbonyl (C=O) groups is 1. The van der Waals surface area contributed by atoms with E-state index in [0.717, 1.165) is 0 Å². The topological polar surface area (TPSA) is 303 Å². The monoisotopic (exact) mass is 740 g/mol. The van der Waals surface area contributed by atoms with Gasteiger partial charge in [-0.2, -0.15) is 16.8 Å². The van der Waals surface area contributed by atoms with E-state index in [-0.39, 0.29) is 13.2 Å². The van der Waals surface area contributed by atoms with Crippen molar-refractivity contribution in [2.75, 3.05) is 19.8 Å². The van der Waals surface area contributed by atoms with Crippen LogP contribution in [0.4, 0.5) is 0 Å². The van der Waals surface area contributed by atoms with Gasteiger partial charge in [-0.1, -0.05) is 34.6 Å². The van der Waals surface area contributed by atoms with Crippen LogP contribution in [0.1, 0.15) is 62.3 Å². The van der Waals surface area contributed by atoms with Gasteiger partial charge < -0.3 is 50.5 Å². The third-order valence-electron chi connectivity index (χ3n) is 8.16. The van der Waals surface area contributed by atoms with Crippen molar-refractivity contribution in [2.24, 2.45) is 22.3 Å². The van der Waals surface area contributed by atoms with Crippen LogP contribution in [0.25, 0.3) is 0 Å². The van der Waals surface area contributed by atoms with Crippen LogP contribution in [-0.4, -0.2) is 139 Å². The predicted octanol–water partition coefficient (Wildman–Crippen LogP) is -1.00.